The first-order chi connectivity index (χ1) is 12.5. The van der Waals surface area contributed by atoms with E-state index < -0.39 is 0 Å². The Balaban J connectivity index is 1.72. The van der Waals surface area contributed by atoms with Crippen molar-refractivity contribution in [1.29, 1.82) is 0 Å². The summed E-state index contributed by atoms with van der Waals surface area (Å²) in [7, 11) is 0. The molecule has 0 aliphatic carbocycles. The molecule has 0 bridgehead atoms. The van der Waals surface area contributed by atoms with Gasteiger partial charge in [0.2, 0.25) is 11.8 Å². The second-order valence-corrected chi connectivity index (χ2v) is 6.29. The van der Waals surface area contributed by atoms with Gasteiger partial charge in [0, 0.05) is 23.6 Å². The molecule has 1 heterocycles. The van der Waals surface area contributed by atoms with Gasteiger partial charge in [-0.1, -0.05) is 0 Å². The number of amides is 1. The molecule has 3 rings (SSSR count). The summed E-state index contributed by atoms with van der Waals surface area (Å²) in [5, 5.41) is 5.72. The average molecular weight is 392 g/mol. The van der Waals surface area contributed by atoms with Crippen molar-refractivity contribution in [2.45, 2.75) is 12.8 Å². The van der Waals surface area contributed by atoms with Gasteiger partial charge in [-0.15, -0.1) is 11.6 Å². The molecule has 0 unspecified atom stereocenters. The van der Waals surface area contributed by atoms with E-state index in [4.69, 9.17) is 28.2 Å². The summed E-state index contributed by atoms with van der Waals surface area (Å²) in [4.78, 5) is 16.1. The zero-order valence-electron chi connectivity index (χ0n) is 13.6. The van der Waals surface area contributed by atoms with E-state index in [-0.39, 0.29) is 16.8 Å². The van der Waals surface area contributed by atoms with Crippen LogP contribution in [0, 0.1) is 5.82 Å². The Morgan fingerprint density at radius 3 is 2.73 bits per heavy atom. The zero-order chi connectivity index (χ0) is 18.5. The lowest BCUT2D eigenvalue weighted by Gasteiger charge is -2.08. The number of carbonyl (C=O) groups is 1. The second-order valence-electron chi connectivity index (χ2n) is 5.50. The fourth-order valence-electron chi connectivity index (χ4n) is 2.30. The summed E-state index contributed by atoms with van der Waals surface area (Å²) < 4.78 is 18.7. The molecule has 0 saturated carbocycles. The molecular weight excluding hydrogens is 377 g/mol. The van der Waals surface area contributed by atoms with E-state index in [2.05, 4.69) is 15.6 Å². The lowest BCUT2D eigenvalue weighted by atomic mass is 10.2. The number of carbonyl (C=O) groups excluding carboxylic acids is 1. The first-order valence-corrected chi connectivity index (χ1v) is 8.83. The van der Waals surface area contributed by atoms with Crippen LogP contribution in [0.5, 0.6) is 0 Å². The number of benzene rings is 2. The van der Waals surface area contributed by atoms with Gasteiger partial charge in [0.25, 0.3) is 0 Å². The molecule has 26 heavy (non-hydrogen) atoms. The lowest BCUT2D eigenvalue weighted by molar-refractivity contribution is -0.119. The molecular formula is C18H15ClFN3O2S. The highest BCUT2D eigenvalue weighted by atomic mass is 35.5. The number of hydrogen-bond acceptors (Lipinski definition) is 4. The van der Waals surface area contributed by atoms with Crippen molar-refractivity contribution in [3.63, 3.8) is 0 Å². The number of anilines is 1. The van der Waals surface area contributed by atoms with Gasteiger partial charge in [-0.25, -0.2) is 9.37 Å². The Labute approximate surface area is 159 Å². The summed E-state index contributed by atoms with van der Waals surface area (Å²) in [6.45, 7) is 0. The van der Waals surface area contributed by atoms with E-state index >= 15 is 0 Å². The van der Waals surface area contributed by atoms with Gasteiger partial charge >= 0.3 is 0 Å². The lowest BCUT2D eigenvalue weighted by Crippen LogP contribution is -2.33. The molecule has 0 atom stereocenters. The first-order valence-electron chi connectivity index (χ1n) is 7.88. The fourth-order valence-corrected chi connectivity index (χ4v) is 2.67. The third-order valence-corrected chi connectivity index (χ3v) is 4.00. The van der Waals surface area contributed by atoms with Gasteiger partial charge in [0.05, 0.1) is 0 Å². The van der Waals surface area contributed by atoms with Gasteiger partial charge < -0.3 is 15.1 Å². The van der Waals surface area contributed by atoms with E-state index in [1.165, 1.54) is 12.1 Å². The molecule has 1 aromatic heterocycles. The highest BCUT2D eigenvalue weighted by Crippen LogP contribution is 2.26. The summed E-state index contributed by atoms with van der Waals surface area (Å²) >= 11 is 10.7. The molecule has 8 heteroatoms. The number of thiocarbonyl (C=S) groups is 1. The molecule has 0 radical (unpaired) electrons. The number of nitrogens with one attached hydrogen (secondary N) is 2. The van der Waals surface area contributed by atoms with E-state index in [1.54, 1.807) is 30.3 Å². The van der Waals surface area contributed by atoms with Crippen LogP contribution in [-0.2, 0) is 4.79 Å². The molecule has 0 saturated heterocycles. The average Bonchev–Trinajstić information content (AvgIpc) is 3.03. The maximum Gasteiger partial charge on any atom is 0.227 e. The number of nitrogens with zero attached hydrogens (tertiary/aromatic N) is 1. The number of aromatic nitrogens is 1. The summed E-state index contributed by atoms with van der Waals surface area (Å²) in [5.74, 6) is 0.309. The predicted molar refractivity (Wildman–Crippen MR) is 104 cm³/mol. The van der Waals surface area contributed by atoms with Crippen LogP contribution in [0.4, 0.5) is 10.1 Å². The second kappa shape index (κ2) is 8.25. The van der Waals surface area contributed by atoms with Crippen LogP contribution in [0.15, 0.2) is 46.9 Å². The molecule has 0 aliphatic heterocycles. The van der Waals surface area contributed by atoms with E-state index in [1.807, 2.05) is 0 Å². The van der Waals surface area contributed by atoms with E-state index in [0.717, 1.165) is 0 Å². The standard InChI is InChI=1S/C18H15ClFN3O2S/c19-9-1-2-16(24)23-18(26)21-13-7-8-15-14(10-13)22-17(25-15)11-3-5-12(20)6-4-11/h3-8,10H,1-2,9H2,(H2,21,23,24,26). The van der Waals surface area contributed by atoms with Crippen molar-refractivity contribution < 1.29 is 13.6 Å². The largest absolute Gasteiger partial charge is 0.436 e. The Bertz CT molecular complexity index is 943. The quantitative estimate of drug-likeness (QED) is 0.496. The Hall–Kier alpha value is -2.51. The fraction of sp³-hybridized carbons (Fsp3) is 0.167. The minimum atomic E-state index is -0.321. The van der Waals surface area contributed by atoms with Crippen molar-refractivity contribution in [3.8, 4) is 11.5 Å². The molecule has 2 N–H and O–H groups in total. The van der Waals surface area contributed by atoms with Crippen LogP contribution >= 0.6 is 23.8 Å². The highest BCUT2D eigenvalue weighted by molar-refractivity contribution is 7.80. The van der Waals surface area contributed by atoms with Gasteiger partial charge in [0.1, 0.15) is 11.3 Å². The third-order valence-electron chi connectivity index (χ3n) is 3.53. The van der Waals surface area contributed by atoms with Gasteiger partial charge in [0.15, 0.2) is 10.7 Å². The van der Waals surface area contributed by atoms with Crippen LogP contribution < -0.4 is 10.6 Å². The number of fused-ring (bicyclic) bond motifs is 1. The number of oxazole rings is 1. The van der Waals surface area contributed by atoms with Crippen LogP contribution in [0.2, 0.25) is 0 Å². The molecule has 0 fully saturated rings. The minimum absolute atomic E-state index is 0.190. The van der Waals surface area contributed by atoms with Gasteiger partial charge in [-0.3, -0.25) is 4.79 Å². The topological polar surface area (TPSA) is 67.2 Å². The first kappa shape index (κ1) is 18.3. The highest BCUT2D eigenvalue weighted by Gasteiger charge is 2.10. The van der Waals surface area contributed by atoms with Crippen LogP contribution in [0.25, 0.3) is 22.6 Å². The van der Waals surface area contributed by atoms with Crippen molar-refractivity contribution in [3.05, 3.63) is 48.3 Å². The Morgan fingerprint density at radius 2 is 2.00 bits per heavy atom. The predicted octanol–water partition coefficient (Wildman–Crippen LogP) is 4.47. The maximum atomic E-state index is 13.0. The van der Waals surface area contributed by atoms with E-state index in [0.29, 0.717) is 47.0 Å². The van der Waals surface area contributed by atoms with Crippen molar-refractivity contribution in [1.82, 2.24) is 10.3 Å². The Morgan fingerprint density at radius 1 is 1.23 bits per heavy atom. The minimum Gasteiger partial charge on any atom is -0.436 e. The van der Waals surface area contributed by atoms with Gasteiger partial charge in [-0.2, -0.15) is 0 Å². The van der Waals surface area contributed by atoms with Crippen LogP contribution in [0.1, 0.15) is 12.8 Å². The molecule has 3 aromatic rings. The molecule has 5 nitrogen and oxygen atoms in total. The summed E-state index contributed by atoms with van der Waals surface area (Å²) in [6.07, 6.45) is 0.904. The number of hydrogen-bond donors (Lipinski definition) is 2. The van der Waals surface area contributed by atoms with Crippen molar-refractivity contribution >= 4 is 51.6 Å². The van der Waals surface area contributed by atoms with Crippen LogP contribution in [-0.4, -0.2) is 21.9 Å². The molecule has 0 aliphatic rings. The molecule has 134 valence electrons. The van der Waals surface area contributed by atoms with Gasteiger partial charge in [-0.05, 0) is 61.1 Å². The third kappa shape index (κ3) is 4.56. The van der Waals surface area contributed by atoms with Crippen molar-refractivity contribution in [2.75, 3.05) is 11.2 Å². The summed E-state index contributed by atoms with van der Waals surface area (Å²) in [6, 6.07) is 11.2. The number of alkyl halides is 1. The SMILES string of the molecule is O=C(CCCCl)NC(=S)Nc1ccc2oc(-c3ccc(F)cc3)nc2c1. The van der Waals surface area contributed by atoms with Crippen molar-refractivity contribution in [2.24, 2.45) is 0 Å². The van der Waals surface area contributed by atoms with Crippen LogP contribution in [0.3, 0.4) is 0 Å². The maximum absolute atomic E-state index is 13.0. The monoisotopic (exact) mass is 391 g/mol. The smallest absolute Gasteiger partial charge is 0.227 e. The van der Waals surface area contributed by atoms with E-state index in [9.17, 15) is 9.18 Å². The molecule has 1 amide bonds. The Kier molecular flexibility index (Phi) is 5.80. The number of halogens is 2. The molecule has 2 aromatic carbocycles. The normalized spacial score (nSPS) is 10.7. The number of rotatable bonds is 5. The summed E-state index contributed by atoms with van der Waals surface area (Å²) in [5.41, 5.74) is 2.55. The molecule has 0 spiro atoms. The zero-order valence-corrected chi connectivity index (χ0v) is 15.2.